The van der Waals surface area contributed by atoms with Crippen molar-refractivity contribution in [2.75, 3.05) is 33.2 Å². The van der Waals surface area contributed by atoms with Crippen molar-refractivity contribution in [1.82, 2.24) is 9.80 Å². The number of halogens is 1. The van der Waals surface area contributed by atoms with Gasteiger partial charge in [-0.2, -0.15) is 0 Å². The summed E-state index contributed by atoms with van der Waals surface area (Å²) in [5.74, 6) is -0.772. The minimum Gasteiger partial charge on any atom is -0.480 e. The minimum absolute atomic E-state index is 0.550. The third-order valence-corrected chi connectivity index (χ3v) is 4.17. The topological polar surface area (TPSA) is 43.8 Å². The molecule has 104 valence electrons. The van der Waals surface area contributed by atoms with Crippen molar-refractivity contribution >= 4 is 21.9 Å². The lowest BCUT2D eigenvalue weighted by molar-refractivity contribution is -0.144. The molecule has 1 aromatic carbocycles. The van der Waals surface area contributed by atoms with E-state index in [0.717, 1.165) is 41.8 Å². The van der Waals surface area contributed by atoms with Crippen molar-refractivity contribution in [2.45, 2.75) is 13.0 Å². The molecular weight excluding hydrogens is 308 g/mol. The van der Waals surface area contributed by atoms with Crippen LogP contribution in [0.3, 0.4) is 0 Å². The van der Waals surface area contributed by atoms with E-state index in [2.05, 4.69) is 32.8 Å². The van der Waals surface area contributed by atoms with Gasteiger partial charge in [0, 0.05) is 30.7 Å². The summed E-state index contributed by atoms with van der Waals surface area (Å²) in [5.41, 5.74) is 1.90. The zero-order chi connectivity index (χ0) is 14.0. The van der Waals surface area contributed by atoms with Crippen molar-refractivity contribution in [2.24, 2.45) is 0 Å². The molecule has 1 heterocycles. The van der Waals surface area contributed by atoms with Crippen LogP contribution in [0, 0.1) is 6.92 Å². The zero-order valence-electron chi connectivity index (χ0n) is 11.3. The van der Waals surface area contributed by atoms with Gasteiger partial charge in [-0.3, -0.25) is 9.69 Å². The van der Waals surface area contributed by atoms with Crippen LogP contribution in [0.2, 0.25) is 0 Å². The SMILES string of the molecule is Cc1ccc(Br)cc1C(C(=O)O)N1CCN(C)CC1. The Balaban J connectivity index is 2.30. The molecule has 1 aliphatic heterocycles. The van der Waals surface area contributed by atoms with Gasteiger partial charge in [-0.15, -0.1) is 0 Å². The number of rotatable bonds is 3. The second kappa shape index (κ2) is 6.03. The van der Waals surface area contributed by atoms with Crippen molar-refractivity contribution in [1.29, 1.82) is 0 Å². The van der Waals surface area contributed by atoms with E-state index in [0.29, 0.717) is 0 Å². The highest BCUT2D eigenvalue weighted by atomic mass is 79.9. The molecule has 19 heavy (non-hydrogen) atoms. The van der Waals surface area contributed by atoms with Crippen molar-refractivity contribution < 1.29 is 9.90 Å². The highest BCUT2D eigenvalue weighted by Crippen LogP contribution is 2.28. The second-order valence-electron chi connectivity index (χ2n) is 5.08. The number of aryl methyl sites for hydroxylation is 1. The maximum Gasteiger partial charge on any atom is 0.325 e. The van der Waals surface area contributed by atoms with Gasteiger partial charge in [0.05, 0.1) is 0 Å². The molecule has 4 nitrogen and oxygen atoms in total. The number of hydrogen-bond acceptors (Lipinski definition) is 3. The van der Waals surface area contributed by atoms with Crippen molar-refractivity contribution in [3.63, 3.8) is 0 Å². The number of benzene rings is 1. The largest absolute Gasteiger partial charge is 0.480 e. The predicted octanol–water partition coefficient (Wildman–Crippen LogP) is 2.13. The Morgan fingerprint density at radius 3 is 2.53 bits per heavy atom. The van der Waals surface area contributed by atoms with Crippen molar-refractivity contribution in [3.05, 3.63) is 33.8 Å². The maximum absolute atomic E-state index is 11.7. The summed E-state index contributed by atoms with van der Waals surface area (Å²) in [4.78, 5) is 16.0. The van der Waals surface area contributed by atoms with E-state index in [1.165, 1.54) is 0 Å². The lowest BCUT2D eigenvalue weighted by Crippen LogP contribution is -2.47. The van der Waals surface area contributed by atoms with Gasteiger partial charge in [0.1, 0.15) is 6.04 Å². The molecule has 0 bridgehead atoms. The lowest BCUT2D eigenvalue weighted by Gasteiger charge is -2.36. The molecule has 1 aromatic rings. The maximum atomic E-state index is 11.7. The average molecular weight is 327 g/mol. The van der Waals surface area contributed by atoms with E-state index in [1.807, 2.05) is 25.1 Å². The summed E-state index contributed by atoms with van der Waals surface area (Å²) < 4.78 is 0.925. The number of carboxylic acids is 1. The fourth-order valence-corrected chi connectivity index (χ4v) is 2.85. The van der Waals surface area contributed by atoms with Gasteiger partial charge in [-0.1, -0.05) is 22.0 Å². The fourth-order valence-electron chi connectivity index (χ4n) is 2.47. The predicted molar refractivity (Wildman–Crippen MR) is 78.3 cm³/mol. The smallest absolute Gasteiger partial charge is 0.325 e. The Hall–Kier alpha value is -0.910. The highest BCUT2D eigenvalue weighted by Gasteiger charge is 2.30. The summed E-state index contributed by atoms with van der Waals surface area (Å²) in [6.07, 6.45) is 0. The number of aliphatic carboxylic acids is 1. The normalized spacial score (nSPS) is 19.3. The number of nitrogens with zero attached hydrogens (tertiary/aromatic N) is 2. The molecule has 1 fully saturated rings. The third-order valence-electron chi connectivity index (χ3n) is 3.67. The number of carbonyl (C=O) groups is 1. The highest BCUT2D eigenvalue weighted by molar-refractivity contribution is 9.10. The number of likely N-dealkylation sites (N-methyl/N-ethyl adjacent to an activating group) is 1. The molecule has 0 amide bonds. The molecule has 0 spiro atoms. The van der Waals surface area contributed by atoms with E-state index < -0.39 is 12.0 Å². The van der Waals surface area contributed by atoms with Crippen LogP contribution < -0.4 is 0 Å². The number of carboxylic acid groups (broad SMARTS) is 1. The first-order valence-electron chi connectivity index (χ1n) is 6.40. The van der Waals surface area contributed by atoms with Gasteiger partial charge in [0.2, 0.25) is 0 Å². The van der Waals surface area contributed by atoms with Gasteiger partial charge in [-0.25, -0.2) is 0 Å². The van der Waals surface area contributed by atoms with E-state index in [-0.39, 0.29) is 0 Å². The molecule has 0 aromatic heterocycles. The number of piperazine rings is 1. The van der Waals surface area contributed by atoms with E-state index in [9.17, 15) is 9.90 Å². The average Bonchev–Trinajstić information content (AvgIpc) is 2.36. The first-order chi connectivity index (χ1) is 8.99. The lowest BCUT2D eigenvalue weighted by atomic mass is 9.99. The summed E-state index contributed by atoms with van der Waals surface area (Å²) >= 11 is 3.43. The summed E-state index contributed by atoms with van der Waals surface area (Å²) in [6.45, 7) is 5.38. The Morgan fingerprint density at radius 1 is 1.32 bits per heavy atom. The third kappa shape index (κ3) is 3.35. The molecule has 1 unspecified atom stereocenters. The summed E-state index contributed by atoms with van der Waals surface area (Å²) in [7, 11) is 2.07. The molecule has 1 N–H and O–H groups in total. The van der Waals surface area contributed by atoms with Crippen LogP contribution in [0.25, 0.3) is 0 Å². The number of hydrogen-bond donors (Lipinski definition) is 1. The Labute approximate surface area is 122 Å². The molecule has 0 aliphatic carbocycles. The van der Waals surface area contributed by atoms with E-state index in [4.69, 9.17) is 0 Å². The first kappa shape index (κ1) is 14.5. The molecule has 0 saturated carbocycles. The zero-order valence-corrected chi connectivity index (χ0v) is 12.9. The Bertz CT molecular complexity index is 471. The van der Waals surface area contributed by atoms with Crippen LogP contribution in [-0.2, 0) is 4.79 Å². The monoisotopic (exact) mass is 326 g/mol. The fraction of sp³-hybridized carbons (Fsp3) is 0.500. The molecule has 1 atom stereocenters. The van der Waals surface area contributed by atoms with Crippen LogP contribution in [0.4, 0.5) is 0 Å². The summed E-state index contributed by atoms with van der Waals surface area (Å²) in [5, 5.41) is 9.59. The van der Waals surface area contributed by atoms with Gasteiger partial charge >= 0.3 is 5.97 Å². The Morgan fingerprint density at radius 2 is 1.95 bits per heavy atom. The first-order valence-corrected chi connectivity index (χ1v) is 7.20. The van der Waals surface area contributed by atoms with Gasteiger partial charge in [0.15, 0.2) is 0 Å². The quantitative estimate of drug-likeness (QED) is 0.924. The van der Waals surface area contributed by atoms with Gasteiger partial charge in [-0.05, 0) is 37.2 Å². The molecule has 5 heteroatoms. The molecule has 0 radical (unpaired) electrons. The summed E-state index contributed by atoms with van der Waals surface area (Å²) in [6, 6.07) is 5.28. The Kier molecular flexibility index (Phi) is 4.60. The minimum atomic E-state index is -0.772. The van der Waals surface area contributed by atoms with Crippen LogP contribution in [0.15, 0.2) is 22.7 Å². The standard InChI is InChI=1S/C14H19BrN2O2/c1-10-3-4-11(15)9-12(10)13(14(18)19)17-7-5-16(2)6-8-17/h3-4,9,13H,5-8H2,1-2H3,(H,18,19). The van der Waals surface area contributed by atoms with Crippen LogP contribution in [0.5, 0.6) is 0 Å². The van der Waals surface area contributed by atoms with Crippen molar-refractivity contribution in [3.8, 4) is 0 Å². The van der Waals surface area contributed by atoms with Crippen LogP contribution in [0.1, 0.15) is 17.2 Å². The van der Waals surface area contributed by atoms with E-state index >= 15 is 0 Å². The van der Waals surface area contributed by atoms with Gasteiger partial charge < -0.3 is 10.0 Å². The molecular formula is C14H19BrN2O2. The van der Waals surface area contributed by atoms with Crippen LogP contribution in [-0.4, -0.2) is 54.1 Å². The van der Waals surface area contributed by atoms with Crippen LogP contribution >= 0.6 is 15.9 Å². The van der Waals surface area contributed by atoms with Gasteiger partial charge in [0.25, 0.3) is 0 Å². The molecule has 1 saturated heterocycles. The molecule has 2 rings (SSSR count). The van der Waals surface area contributed by atoms with E-state index in [1.54, 1.807) is 0 Å². The molecule has 1 aliphatic rings. The second-order valence-corrected chi connectivity index (χ2v) is 6.00.